The van der Waals surface area contributed by atoms with Crippen molar-refractivity contribution < 1.29 is 14.2 Å². The molecule has 0 amide bonds. The Morgan fingerprint density at radius 2 is 1.48 bits per heavy atom. The summed E-state index contributed by atoms with van der Waals surface area (Å²) in [5.74, 6) is 2.08. The van der Waals surface area contributed by atoms with Gasteiger partial charge in [-0.3, -0.25) is 0 Å². The van der Waals surface area contributed by atoms with Crippen LogP contribution in [0, 0.1) is 0 Å². The van der Waals surface area contributed by atoms with Gasteiger partial charge in [0.2, 0.25) is 0 Å². The summed E-state index contributed by atoms with van der Waals surface area (Å²) in [5, 5.41) is 0.616. The highest BCUT2D eigenvalue weighted by molar-refractivity contribution is 9.09. The van der Waals surface area contributed by atoms with Gasteiger partial charge in [-0.05, 0) is 29.3 Å². The van der Waals surface area contributed by atoms with E-state index in [9.17, 15) is 0 Å². The van der Waals surface area contributed by atoms with Gasteiger partial charge < -0.3 is 14.2 Å². The molecule has 5 heteroatoms. The first-order chi connectivity index (χ1) is 10.1. The highest BCUT2D eigenvalue weighted by Crippen LogP contribution is 2.41. The summed E-state index contributed by atoms with van der Waals surface area (Å²) < 4.78 is 15.7. The lowest BCUT2D eigenvalue weighted by atomic mass is 10.0. The van der Waals surface area contributed by atoms with Crippen molar-refractivity contribution in [1.82, 2.24) is 0 Å². The highest BCUT2D eigenvalue weighted by atomic mass is 79.9. The molecule has 0 heterocycles. The van der Waals surface area contributed by atoms with E-state index in [4.69, 9.17) is 25.8 Å². The lowest BCUT2D eigenvalue weighted by Crippen LogP contribution is -1.98. The summed E-state index contributed by atoms with van der Waals surface area (Å²) >= 11 is 10.0. The molecule has 2 aromatic rings. The van der Waals surface area contributed by atoms with Gasteiger partial charge >= 0.3 is 0 Å². The van der Waals surface area contributed by atoms with Crippen molar-refractivity contribution >= 4 is 27.5 Å². The molecular formula is C16H16BrClO3. The Hall–Kier alpha value is -1.39. The van der Waals surface area contributed by atoms with Gasteiger partial charge in [0.15, 0.2) is 11.5 Å². The van der Waals surface area contributed by atoms with Gasteiger partial charge in [-0.1, -0.05) is 39.7 Å². The predicted octanol–water partition coefficient (Wildman–Crippen LogP) is 4.85. The third kappa shape index (κ3) is 3.44. The molecule has 0 aliphatic rings. The van der Waals surface area contributed by atoms with Gasteiger partial charge in [0.1, 0.15) is 5.75 Å². The van der Waals surface area contributed by atoms with Crippen LogP contribution in [0.2, 0.25) is 5.02 Å². The molecule has 0 aliphatic carbocycles. The Kier molecular flexibility index (Phi) is 5.37. The number of alkyl halides is 1. The third-order valence-electron chi connectivity index (χ3n) is 3.18. The third-order valence-corrected chi connectivity index (χ3v) is 4.53. The first-order valence-electron chi connectivity index (χ1n) is 6.30. The van der Waals surface area contributed by atoms with Crippen LogP contribution in [0.4, 0.5) is 0 Å². The fourth-order valence-electron chi connectivity index (χ4n) is 2.02. The van der Waals surface area contributed by atoms with Crippen molar-refractivity contribution in [1.29, 1.82) is 0 Å². The normalized spacial score (nSPS) is 11.9. The maximum absolute atomic E-state index is 6.35. The maximum atomic E-state index is 6.35. The van der Waals surface area contributed by atoms with Crippen molar-refractivity contribution in [2.24, 2.45) is 0 Å². The van der Waals surface area contributed by atoms with Crippen LogP contribution in [0.25, 0.3) is 0 Å². The van der Waals surface area contributed by atoms with E-state index in [2.05, 4.69) is 15.9 Å². The van der Waals surface area contributed by atoms with Gasteiger partial charge in [-0.2, -0.15) is 0 Å². The molecule has 3 nitrogen and oxygen atoms in total. The lowest BCUT2D eigenvalue weighted by molar-refractivity contribution is 0.354. The molecule has 0 N–H and O–H groups in total. The van der Waals surface area contributed by atoms with Crippen LogP contribution >= 0.6 is 27.5 Å². The van der Waals surface area contributed by atoms with Crippen LogP contribution < -0.4 is 14.2 Å². The quantitative estimate of drug-likeness (QED) is 0.703. The second-order valence-corrected chi connectivity index (χ2v) is 5.69. The van der Waals surface area contributed by atoms with Crippen molar-refractivity contribution in [3.63, 3.8) is 0 Å². The van der Waals surface area contributed by atoms with Crippen LogP contribution in [-0.2, 0) is 0 Å². The van der Waals surface area contributed by atoms with Gasteiger partial charge in [0.25, 0.3) is 0 Å². The minimum absolute atomic E-state index is 0.0456. The highest BCUT2D eigenvalue weighted by Gasteiger charge is 2.17. The van der Waals surface area contributed by atoms with Crippen LogP contribution in [0.3, 0.4) is 0 Å². The predicted molar refractivity (Wildman–Crippen MR) is 88.3 cm³/mol. The standard InChI is InChI=1S/C16H16BrClO3/c1-19-11-6-4-10(5-7-11)16(17)12-8-14(20-2)15(21-3)9-13(12)18/h4-9,16H,1-3H3. The largest absolute Gasteiger partial charge is 0.497 e. The zero-order valence-electron chi connectivity index (χ0n) is 12.0. The molecule has 0 fully saturated rings. The molecule has 112 valence electrons. The molecule has 1 atom stereocenters. The van der Waals surface area contributed by atoms with Gasteiger partial charge in [-0.15, -0.1) is 0 Å². The van der Waals surface area contributed by atoms with Gasteiger partial charge in [0.05, 0.1) is 26.2 Å². The summed E-state index contributed by atoms with van der Waals surface area (Å²) in [6.07, 6.45) is 0. The summed E-state index contributed by atoms with van der Waals surface area (Å²) in [7, 11) is 4.83. The van der Waals surface area contributed by atoms with E-state index in [1.165, 1.54) is 0 Å². The molecule has 2 rings (SSSR count). The van der Waals surface area contributed by atoms with Gasteiger partial charge in [0, 0.05) is 11.1 Å². The Morgan fingerprint density at radius 3 is 2.00 bits per heavy atom. The fourth-order valence-corrected chi connectivity index (χ4v) is 3.10. The number of benzene rings is 2. The number of hydrogen-bond donors (Lipinski definition) is 0. The van der Waals surface area contributed by atoms with E-state index in [-0.39, 0.29) is 4.83 Å². The van der Waals surface area contributed by atoms with Gasteiger partial charge in [-0.25, -0.2) is 0 Å². The number of ether oxygens (including phenoxy) is 3. The monoisotopic (exact) mass is 370 g/mol. The van der Waals surface area contributed by atoms with Crippen LogP contribution in [0.5, 0.6) is 17.2 Å². The minimum Gasteiger partial charge on any atom is -0.497 e. The molecule has 0 radical (unpaired) electrons. The summed E-state index contributed by atoms with van der Waals surface area (Å²) in [6, 6.07) is 11.4. The molecular weight excluding hydrogens is 356 g/mol. The SMILES string of the molecule is COc1ccc(C(Br)c2cc(OC)c(OC)cc2Cl)cc1. The van der Waals surface area contributed by atoms with Crippen molar-refractivity contribution in [2.45, 2.75) is 4.83 Å². The Labute approximate surface area is 137 Å². The Balaban J connectivity index is 2.39. The van der Waals surface area contributed by atoms with E-state index in [1.807, 2.05) is 30.3 Å². The Morgan fingerprint density at radius 1 is 0.905 bits per heavy atom. The number of rotatable bonds is 5. The molecule has 0 saturated heterocycles. The van der Waals surface area contributed by atoms with Crippen molar-refractivity contribution in [3.05, 3.63) is 52.5 Å². The number of halogens is 2. The van der Waals surface area contributed by atoms with E-state index in [0.29, 0.717) is 16.5 Å². The average molecular weight is 372 g/mol. The summed E-state index contributed by atoms with van der Waals surface area (Å²) in [5.41, 5.74) is 1.99. The zero-order chi connectivity index (χ0) is 15.4. The maximum Gasteiger partial charge on any atom is 0.162 e. The molecule has 1 unspecified atom stereocenters. The molecule has 0 bridgehead atoms. The lowest BCUT2D eigenvalue weighted by Gasteiger charge is -2.16. The molecule has 0 aromatic heterocycles. The number of methoxy groups -OCH3 is 3. The van der Waals surface area contributed by atoms with E-state index in [0.717, 1.165) is 16.9 Å². The molecule has 2 aromatic carbocycles. The number of hydrogen-bond acceptors (Lipinski definition) is 3. The molecule has 0 saturated carbocycles. The van der Waals surface area contributed by atoms with Crippen molar-refractivity contribution in [3.8, 4) is 17.2 Å². The first-order valence-corrected chi connectivity index (χ1v) is 7.59. The molecule has 0 aliphatic heterocycles. The average Bonchev–Trinajstić information content (AvgIpc) is 2.54. The van der Waals surface area contributed by atoms with Crippen molar-refractivity contribution in [2.75, 3.05) is 21.3 Å². The van der Waals surface area contributed by atoms with E-state index < -0.39 is 0 Å². The van der Waals surface area contributed by atoms with Crippen LogP contribution in [-0.4, -0.2) is 21.3 Å². The first kappa shape index (κ1) is 16.0. The molecule has 21 heavy (non-hydrogen) atoms. The second-order valence-electron chi connectivity index (χ2n) is 4.36. The second kappa shape index (κ2) is 7.05. The van der Waals surface area contributed by atoms with Crippen LogP contribution in [0.15, 0.2) is 36.4 Å². The molecule has 0 spiro atoms. The smallest absolute Gasteiger partial charge is 0.162 e. The summed E-state index contributed by atoms with van der Waals surface area (Å²) in [6.45, 7) is 0. The zero-order valence-corrected chi connectivity index (χ0v) is 14.4. The van der Waals surface area contributed by atoms with E-state index >= 15 is 0 Å². The summed E-state index contributed by atoms with van der Waals surface area (Å²) in [4.78, 5) is -0.0456. The topological polar surface area (TPSA) is 27.7 Å². The Bertz CT molecular complexity index is 614. The fraction of sp³-hybridized carbons (Fsp3) is 0.250. The minimum atomic E-state index is -0.0456. The van der Waals surface area contributed by atoms with E-state index in [1.54, 1.807) is 27.4 Å². The van der Waals surface area contributed by atoms with Crippen LogP contribution in [0.1, 0.15) is 16.0 Å².